The van der Waals surface area contributed by atoms with Gasteiger partial charge in [0.2, 0.25) is 0 Å². The van der Waals surface area contributed by atoms with Crippen molar-refractivity contribution in [3.8, 4) is 0 Å². The van der Waals surface area contributed by atoms with E-state index in [-0.39, 0.29) is 34.9 Å². The van der Waals surface area contributed by atoms with Crippen molar-refractivity contribution in [1.29, 1.82) is 0 Å². The number of ether oxygens (including phenoxy) is 2. The fourth-order valence-corrected chi connectivity index (χ4v) is 2.70. The molecule has 0 unspecified atom stereocenters. The highest BCUT2D eigenvalue weighted by Crippen LogP contribution is 2.25. The Kier molecular flexibility index (Phi) is 8.67. The van der Waals surface area contributed by atoms with Crippen molar-refractivity contribution in [3.63, 3.8) is 0 Å². The summed E-state index contributed by atoms with van der Waals surface area (Å²) in [5.41, 5.74) is 0.0285. The Bertz CT molecular complexity index is 667. The molecule has 0 saturated carbocycles. The fourth-order valence-electron chi connectivity index (χ4n) is 2.70. The summed E-state index contributed by atoms with van der Waals surface area (Å²) in [5, 5.41) is 14.1. The molecule has 0 bridgehead atoms. The zero-order valence-corrected chi connectivity index (χ0v) is 16.4. The first kappa shape index (κ1) is 22.4. The molecule has 0 saturated heterocycles. The number of nitro groups is 1. The Balaban J connectivity index is 2.84. The van der Waals surface area contributed by atoms with E-state index in [1.54, 1.807) is 4.90 Å². The van der Waals surface area contributed by atoms with E-state index in [0.717, 1.165) is 6.07 Å². The first-order valence-corrected chi connectivity index (χ1v) is 8.68. The third-order valence-corrected chi connectivity index (χ3v) is 3.78. The lowest BCUT2D eigenvalue weighted by Gasteiger charge is -2.30. The second-order valence-corrected chi connectivity index (χ2v) is 6.47. The van der Waals surface area contributed by atoms with E-state index >= 15 is 0 Å². The fraction of sp³-hybridized carbons (Fsp3) is 0.556. The van der Waals surface area contributed by atoms with Gasteiger partial charge in [0.1, 0.15) is 5.69 Å². The Morgan fingerprint density at radius 2 is 1.85 bits per heavy atom. The Labute approximate surface area is 158 Å². The topological polar surface area (TPSA) is 111 Å². The third-order valence-electron chi connectivity index (χ3n) is 3.78. The van der Waals surface area contributed by atoms with Crippen molar-refractivity contribution >= 4 is 23.3 Å². The van der Waals surface area contributed by atoms with Crippen molar-refractivity contribution in [2.24, 2.45) is 0 Å². The standard InChI is InChI=1S/C18H27N3O6/c1-12(2)20(13(3)4)17(22)11-27-18(23)14-6-7-15(19-8-9-26-5)16(10-14)21(24)25/h6-7,10,12-13,19H,8-9,11H2,1-5H3. The van der Waals surface area contributed by atoms with Crippen LogP contribution in [0.4, 0.5) is 11.4 Å². The number of hydrogen-bond donors (Lipinski definition) is 1. The average molecular weight is 381 g/mol. The molecule has 0 spiro atoms. The summed E-state index contributed by atoms with van der Waals surface area (Å²) in [4.78, 5) is 36.7. The molecule has 0 fully saturated rings. The lowest BCUT2D eigenvalue weighted by atomic mass is 10.1. The number of hydrogen-bond acceptors (Lipinski definition) is 7. The minimum absolute atomic E-state index is 0.00688. The predicted molar refractivity (Wildman–Crippen MR) is 101 cm³/mol. The van der Waals surface area contributed by atoms with Crippen molar-refractivity contribution < 1.29 is 24.0 Å². The van der Waals surface area contributed by atoms with Gasteiger partial charge in [0, 0.05) is 31.8 Å². The molecule has 0 atom stereocenters. The van der Waals surface area contributed by atoms with Crippen LogP contribution in [0.5, 0.6) is 0 Å². The summed E-state index contributed by atoms with van der Waals surface area (Å²) in [7, 11) is 1.52. The molecule has 0 aromatic heterocycles. The quantitative estimate of drug-likeness (QED) is 0.287. The molecule has 0 aliphatic rings. The SMILES string of the molecule is COCCNc1ccc(C(=O)OCC(=O)N(C(C)C)C(C)C)cc1[N+](=O)[O-]. The maximum absolute atomic E-state index is 12.3. The van der Waals surface area contributed by atoms with Crippen LogP contribution in [-0.2, 0) is 14.3 Å². The van der Waals surface area contributed by atoms with Crippen molar-refractivity contribution in [2.45, 2.75) is 39.8 Å². The van der Waals surface area contributed by atoms with Crippen LogP contribution in [-0.4, -0.2) is 60.7 Å². The van der Waals surface area contributed by atoms with Crippen LogP contribution in [0.2, 0.25) is 0 Å². The van der Waals surface area contributed by atoms with Crippen LogP contribution in [0.3, 0.4) is 0 Å². The van der Waals surface area contributed by atoms with Gasteiger partial charge in [-0.05, 0) is 39.8 Å². The normalized spacial score (nSPS) is 10.8. The van der Waals surface area contributed by atoms with Gasteiger partial charge in [0.25, 0.3) is 11.6 Å². The molecule has 0 aliphatic heterocycles. The van der Waals surface area contributed by atoms with Crippen LogP contribution < -0.4 is 5.32 Å². The highest BCUT2D eigenvalue weighted by Gasteiger charge is 2.23. The molecule has 0 radical (unpaired) electrons. The number of carbonyl (C=O) groups excluding carboxylic acids is 2. The van der Waals surface area contributed by atoms with Gasteiger partial charge >= 0.3 is 5.97 Å². The van der Waals surface area contributed by atoms with E-state index in [1.807, 2.05) is 27.7 Å². The highest BCUT2D eigenvalue weighted by atomic mass is 16.6. The number of rotatable bonds is 10. The van der Waals surface area contributed by atoms with E-state index in [0.29, 0.717) is 13.2 Å². The zero-order chi connectivity index (χ0) is 20.6. The number of benzene rings is 1. The number of anilines is 1. The van der Waals surface area contributed by atoms with Gasteiger partial charge in [-0.3, -0.25) is 14.9 Å². The maximum atomic E-state index is 12.3. The molecule has 0 heterocycles. The number of carbonyl (C=O) groups is 2. The lowest BCUT2D eigenvalue weighted by molar-refractivity contribution is -0.384. The van der Waals surface area contributed by atoms with Gasteiger partial charge in [-0.15, -0.1) is 0 Å². The third kappa shape index (κ3) is 6.52. The minimum atomic E-state index is -0.789. The van der Waals surface area contributed by atoms with Crippen molar-refractivity contribution in [2.75, 3.05) is 32.2 Å². The Morgan fingerprint density at radius 1 is 1.22 bits per heavy atom. The monoisotopic (exact) mass is 381 g/mol. The highest BCUT2D eigenvalue weighted by molar-refractivity contribution is 5.93. The largest absolute Gasteiger partial charge is 0.452 e. The van der Waals surface area contributed by atoms with Crippen LogP contribution >= 0.6 is 0 Å². The molecule has 1 amide bonds. The molecule has 1 N–H and O–H groups in total. The first-order valence-electron chi connectivity index (χ1n) is 8.68. The van der Waals surface area contributed by atoms with Gasteiger partial charge in [-0.1, -0.05) is 0 Å². The van der Waals surface area contributed by atoms with Crippen molar-refractivity contribution in [1.82, 2.24) is 4.90 Å². The van der Waals surface area contributed by atoms with Crippen LogP contribution in [0.1, 0.15) is 38.1 Å². The zero-order valence-electron chi connectivity index (χ0n) is 16.4. The molecule has 1 aromatic carbocycles. The summed E-state index contributed by atoms with van der Waals surface area (Å²) in [6.07, 6.45) is 0. The summed E-state index contributed by atoms with van der Waals surface area (Å²) >= 11 is 0. The Morgan fingerprint density at radius 3 is 2.37 bits per heavy atom. The summed E-state index contributed by atoms with van der Waals surface area (Å²) in [6, 6.07) is 3.91. The van der Waals surface area contributed by atoms with Gasteiger partial charge in [0.15, 0.2) is 6.61 Å². The number of nitro benzene ring substituents is 1. The lowest BCUT2D eigenvalue weighted by Crippen LogP contribution is -2.44. The van der Waals surface area contributed by atoms with Gasteiger partial charge in [-0.2, -0.15) is 0 Å². The molecule has 1 aromatic rings. The average Bonchev–Trinajstić information content (AvgIpc) is 2.59. The van der Waals surface area contributed by atoms with Crippen LogP contribution in [0, 0.1) is 10.1 Å². The maximum Gasteiger partial charge on any atom is 0.338 e. The van der Waals surface area contributed by atoms with E-state index in [2.05, 4.69) is 5.32 Å². The number of nitrogens with one attached hydrogen (secondary N) is 1. The molecule has 1 rings (SSSR count). The molecular weight excluding hydrogens is 354 g/mol. The number of nitrogens with zero attached hydrogens (tertiary/aromatic N) is 2. The van der Waals surface area contributed by atoms with Gasteiger partial charge in [0.05, 0.1) is 17.1 Å². The van der Waals surface area contributed by atoms with E-state index in [9.17, 15) is 19.7 Å². The minimum Gasteiger partial charge on any atom is -0.452 e. The van der Waals surface area contributed by atoms with E-state index < -0.39 is 17.5 Å². The summed E-state index contributed by atoms with van der Waals surface area (Å²) in [6.45, 7) is 7.84. The molecule has 0 aliphatic carbocycles. The molecule has 9 heteroatoms. The van der Waals surface area contributed by atoms with E-state index in [1.165, 1.54) is 19.2 Å². The smallest absolute Gasteiger partial charge is 0.338 e. The predicted octanol–water partition coefficient (Wildman–Crippen LogP) is 2.46. The van der Waals surface area contributed by atoms with Gasteiger partial charge < -0.3 is 19.7 Å². The summed E-state index contributed by atoms with van der Waals surface area (Å²) in [5.74, 6) is -1.11. The summed E-state index contributed by atoms with van der Waals surface area (Å²) < 4.78 is 9.94. The van der Waals surface area contributed by atoms with Crippen LogP contribution in [0.15, 0.2) is 18.2 Å². The van der Waals surface area contributed by atoms with Crippen LogP contribution in [0.25, 0.3) is 0 Å². The first-order chi connectivity index (χ1) is 12.7. The van der Waals surface area contributed by atoms with Crippen molar-refractivity contribution in [3.05, 3.63) is 33.9 Å². The second kappa shape index (κ2) is 10.5. The van der Waals surface area contributed by atoms with Gasteiger partial charge in [-0.25, -0.2) is 4.79 Å². The number of methoxy groups -OCH3 is 1. The molecular formula is C18H27N3O6. The molecule has 9 nitrogen and oxygen atoms in total. The number of amides is 1. The van der Waals surface area contributed by atoms with E-state index in [4.69, 9.17) is 9.47 Å². The molecule has 150 valence electrons. The molecule has 27 heavy (non-hydrogen) atoms. The number of esters is 1. The Hall–Kier alpha value is -2.68. The second-order valence-electron chi connectivity index (χ2n) is 6.47.